The Morgan fingerprint density at radius 1 is 1.42 bits per heavy atom. The quantitative estimate of drug-likeness (QED) is 0.871. The first-order chi connectivity index (χ1) is 9.08. The molecule has 1 aromatic carbocycles. The SMILES string of the molecule is NC(=O)CN(Cc1c(O)cccc1Cl)C1CCCC1. The number of rotatable bonds is 5. The molecule has 0 bridgehead atoms. The molecule has 2 rings (SSSR count). The zero-order chi connectivity index (χ0) is 13.8. The number of phenols is 1. The highest BCUT2D eigenvalue weighted by atomic mass is 35.5. The van der Waals surface area contributed by atoms with Crippen molar-refractivity contribution in [3.05, 3.63) is 28.8 Å². The first-order valence-electron chi connectivity index (χ1n) is 6.56. The number of primary amides is 1. The van der Waals surface area contributed by atoms with Gasteiger partial charge in [-0.25, -0.2) is 0 Å². The Morgan fingerprint density at radius 2 is 2.11 bits per heavy atom. The standard InChI is InChI=1S/C14H19ClN2O2/c15-12-6-3-7-13(18)11(12)8-17(9-14(16)19)10-4-1-2-5-10/h3,6-7,10,18H,1-2,4-5,8-9H2,(H2,16,19). The van der Waals surface area contributed by atoms with Gasteiger partial charge in [-0.3, -0.25) is 9.69 Å². The number of hydrogen-bond acceptors (Lipinski definition) is 3. The third-order valence-electron chi connectivity index (χ3n) is 3.66. The van der Waals surface area contributed by atoms with Crippen LogP contribution in [-0.4, -0.2) is 28.5 Å². The summed E-state index contributed by atoms with van der Waals surface area (Å²) in [7, 11) is 0. The molecule has 1 aliphatic rings. The molecule has 0 aromatic heterocycles. The number of halogens is 1. The van der Waals surface area contributed by atoms with Gasteiger partial charge in [0.2, 0.25) is 5.91 Å². The normalized spacial score (nSPS) is 16.1. The lowest BCUT2D eigenvalue weighted by Crippen LogP contribution is -2.39. The molecule has 104 valence electrons. The maximum Gasteiger partial charge on any atom is 0.231 e. The molecule has 19 heavy (non-hydrogen) atoms. The van der Waals surface area contributed by atoms with Gasteiger partial charge in [0.25, 0.3) is 0 Å². The number of phenolic OH excluding ortho intramolecular Hbond substituents is 1. The van der Waals surface area contributed by atoms with Crippen molar-refractivity contribution in [2.24, 2.45) is 5.73 Å². The number of hydrogen-bond donors (Lipinski definition) is 2. The average molecular weight is 283 g/mol. The number of carbonyl (C=O) groups excluding carboxylic acids is 1. The minimum atomic E-state index is -0.349. The van der Waals surface area contributed by atoms with E-state index in [0.717, 1.165) is 12.8 Å². The van der Waals surface area contributed by atoms with Crippen LogP contribution in [0, 0.1) is 0 Å². The minimum Gasteiger partial charge on any atom is -0.508 e. The lowest BCUT2D eigenvalue weighted by Gasteiger charge is -2.28. The van der Waals surface area contributed by atoms with Gasteiger partial charge in [0.15, 0.2) is 0 Å². The summed E-state index contributed by atoms with van der Waals surface area (Å²) in [4.78, 5) is 13.2. The number of benzene rings is 1. The summed E-state index contributed by atoms with van der Waals surface area (Å²) >= 11 is 6.11. The zero-order valence-corrected chi connectivity index (χ0v) is 11.6. The van der Waals surface area contributed by atoms with Gasteiger partial charge in [-0.15, -0.1) is 0 Å². The summed E-state index contributed by atoms with van der Waals surface area (Å²) in [5.41, 5.74) is 5.98. The monoisotopic (exact) mass is 282 g/mol. The summed E-state index contributed by atoms with van der Waals surface area (Å²) in [5.74, 6) is -0.182. The molecule has 0 spiro atoms. The summed E-state index contributed by atoms with van der Waals surface area (Å²) in [6, 6.07) is 5.41. The molecule has 1 aromatic rings. The minimum absolute atomic E-state index is 0.167. The van der Waals surface area contributed by atoms with E-state index in [9.17, 15) is 9.90 Å². The van der Waals surface area contributed by atoms with E-state index in [1.54, 1.807) is 18.2 Å². The smallest absolute Gasteiger partial charge is 0.231 e. The van der Waals surface area contributed by atoms with E-state index in [1.807, 2.05) is 4.90 Å². The van der Waals surface area contributed by atoms with E-state index in [4.69, 9.17) is 17.3 Å². The summed E-state index contributed by atoms with van der Waals surface area (Å²) in [6.07, 6.45) is 4.49. The maximum absolute atomic E-state index is 11.2. The number of amides is 1. The molecule has 4 nitrogen and oxygen atoms in total. The molecule has 5 heteroatoms. The summed E-state index contributed by atoms with van der Waals surface area (Å²) < 4.78 is 0. The topological polar surface area (TPSA) is 66.6 Å². The summed E-state index contributed by atoms with van der Waals surface area (Å²) in [5, 5.41) is 10.4. The second kappa shape index (κ2) is 6.26. The second-order valence-corrected chi connectivity index (χ2v) is 5.45. The van der Waals surface area contributed by atoms with E-state index in [1.165, 1.54) is 12.8 Å². The van der Waals surface area contributed by atoms with Gasteiger partial charge in [0, 0.05) is 23.2 Å². The highest BCUT2D eigenvalue weighted by molar-refractivity contribution is 6.31. The Balaban J connectivity index is 2.17. The van der Waals surface area contributed by atoms with Crippen LogP contribution in [0.2, 0.25) is 5.02 Å². The lowest BCUT2D eigenvalue weighted by atomic mass is 10.1. The number of carbonyl (C=O) groups is 1. The Bertz CT molecular complexity index is 439. The van der Waals surface area contributed by atoms with Crippen LogP contribution in [0.3, 0.4) is 0 Å². The van der Waals surface area contributed by atoms with Crippen molar-refractivity contribution < 1.29 is 9.90 Å². The fraction of sp³-hybridized carbons (Fsp3) is 0.500. The number of aromatic hydroxyl groups is 1. The van der Waals surface area contributed by atoms with E-state index in [0.29, 0.717) is 23.2 Å². The molecule has 1 amide bonds. The highest BCUT2D eigenvalue weighted by Crippen LogP contribution is 2.30. The van der Waals surface area contributed by atoms with Crippen LogP contribution < -0.4 is 5.73 Å². The van der Waals surface area contributed by atoms with Gasteiger partial charge in [-0.05, 0) is 25.0 Å². The largest absolute Gasteiger partial charge is 0.508 e. The molecule has 0 heterocycles. The molecule has 1 fully saturated rings. The average Bonchev–Trinajstić information content (AvgIpc) is 2.85. The van der Waals surface area contributed by atoms with Crippen LogP contribution in [0.15, 0.2) is 18.2 Å². The molecule has 1 saturated carbocycles. The van der Waals surface area contributed by atoms with E-state index in [-0.39, 0.29) is 18.2 Å². The maximum atomic E-state index is 11.2. The van der Waals surface area contributed by atoms with Gasteiger partial charge < -0.3 is 10.8 Å². The predicted molar refractivity (Wildman–Crippen MR) is 75.0 cm³/mol. The third-order valence-corrected chi connectivity index (χ3v) is 4.01. The summed E-state index contributed by atoms with van der Waals surface area (Å²) in [6.45, 7) is 0.661. The molecular weight excluding hydrogens is 264 g/mol. The van der Waals surface area contributed by atoms with Gasteiger partial charge in [0.1, 0.15) is 5.75 Å². The predicted octanol–water partition coefficient (Wildman–Crippen LogP) is 2.28. The first kappa shape index (κ1) is 14.2. The van der Waals surface area contributed by atoms with Crippen LogP contribution in [0.5, 0.6) is 5.75 Å². The Labute approximate surface area is 118 Å². The van der Waals surface area contributed by atoms with Crippen molar-refractivity contribution in [1.82, 2.24) is 4.90 Å². The van der Waals surface area contributed by atoms with Gasteiger partial charge in [-0.2, -0.15) is 0 Å². The van der Waals surface area contributed by atoms with Gasteiger partial charge in [0.05, 0.1) is 6.54 Å². The molecule has 0 saturated heterocycles. The molecule has 1 aliphatic carbocycles. The van der Waals surface area contributed by atoms with Gasteiger partial charge in [-0.1, -0.05) is 30.5 Å². The van der Waals surface area contributed by atoms with Gasteiger partial charge >= 0.3 is 0 Å². The van der Waals surface area contributed by atoms with Crippen molar-refractivity contribution in [3.8, 4) is 5.75 Å². The Morgan fingerprint density at radius 3 is 2.68 bits per heavy atom. The number of nitrogens with two attached hydrogens (primary N) is 1. The Kier molecular flexibility index (Phi) is 4.66. The highest BCUT2D eigenvalue weighted by Gasteiger charge is 2.25. The van der Waals surface area contributed by atoms with E-state index in [2.05, 4.69) is 0 Å². The van der Waals surface area contributed by atoms with Crippen molar-refractivity contribution in [1.29, 1.82) is 0 Å². The van der Waals surface area contributed by atoms with Crippen molar-refractivity contribution in [3.63, 3.8) is 0 Å². The fourth-order valence-electron chi connectivity index (χ4n) is 2.69. The molecule has 0 radical (unpaired) electrons. The van der Waals surface area contributed by atoms with E-state index < -0.39 is 0 Å². The Hall–Kier alpha value is -1.26. The molecule has 0 unspecified atom stereocenters. The van der Waals surface area contributed by atoms with Crippen LogP contribution >= 0.6 is 11.6 Å². The zero-order valence-electron chi connectivity index (χ0n) is 10.8. The van der Waals surface area contributed by atoms with Crippen LogP contribution in [-0.2, 0) is 11.3 Å². The van der Waals surface area contributed by atoms with Crippen LogP contribution in [0.1, 0.15) is 31.2 Å². The molecule has 3 N–H and O–H groups in total. The molecule has 0 atom stereocenters. The molecule has 0 aliphatic heterocycles. The van der Waals surface area contributed by atoms with Crippen LogP contribution in [0.25, 0.3) is 0 Å². The van der Waals surface area contributed by atoms with Crippen LogP contribution in [0.4, 0.5) is 0 Å². The first-order valence-corrected chi connectivity index (χ1v) is 6.94. The third kappa shape index (κ3) is 3.61. The van der Waals surface area contributed by atoms with Crippen molar-refractivity contribution >= 4 is 17.5 Å². The van der Waals surface area contributed by atoms with Crippen molar-refractivity contribution in [2.75, 3.05) is 6.54 Å². The van der Waals surface area contributed by atoms with E-state index >= 15 is 0 Å². The molecular formula is C14H19ClN2O2. The second-order valence-electron chi connectivity index (χ2n) is 5.05. The fourth-order valence-corrected chi connectivity index (χ4v) is 2.92. The van der Waals surface area contributed by atoms with Crippen molar-refractivity contribution in [2.45, 2.75) is 38.3 Å². The number of nitrogens with zero attached hydrogens (tertiary/aromatic N) is 1. The lowest BCUT2D eigenvalue weighted by molar-refractivity contribution is -0.119.